The fourth-order valence-corrected chi connectivity index (χ4v) is 4.65. The minimum absolute atomic E-state index is 0.0598. The molecule has 1 fully saturated rings. The molecule has 35 heavy (non-hydrogen) atoms. The molecule has 0 heterocycles. The Kier molecular flexibility index (Phi) is 6.86. The van der Waals surface area contributed by atoms with E-state index in [4.69, 9.17) is 9.84 Å². The van der Waals surface area contributed by atoms with Crippen LogP contribution in [0.2, 0.25) is 0 Å². The fourth-order valence-electron chi connectivity index (χ4n) is 4.65. The summed E-state index contributed by atoms with van der Waals surface area (Å²) in [5.41, 5.74) is 4.25. The molecule has 9 heteroatoms. The molecule has 2 aromatic carbocycles. The number of hydrogen-bond acceptors (Lipinski definition) is 4. The number of nitrogens with one attached hydrogen (secondary N) is 2. The molecule has 0 saturated heterocycles. The van der Waals surface area contributed by atoms with Gasteiger partial charge in [-0.3, -0.25) is 9.59 Å². The first-order chi connectivity index (χ1) is 16.8. The number of benzene rings is 2. The maximum Gasteiger partial charge on any atom is 0.407 e. The van der Waals surface area contributed by atoms with Gasteiger partial charge in [-0.25, -0.2) is 13.6 Å². The third kappa shape index (κ3) is 4.89. The molecule has 3 N–H and O–H groups in total. The van der Waals surface area contributed by atoms with Crippen molar-refractivity contribution in [1.29, 1.82) is 0 Å². The molecule has 3 unspecified atom stereocenters. The first-order valence-electron chi connectivity index (χ1n) is 11.4. The maximum absolute atomic E-state index is 13.6. The number of halogens is 2. The highest BCUT2D eigenvalue weighted by Gasteiger charge is 2.72. The molecule has 1 saturated carbocycles. The van der Waals surface area contributed by atoms with Crippen LogP contribution in [0.5, 0.6) is 0 Å². The number of carbonyl (C=O) groups is 3. The largest absolute Gasteiger partial charge is 0.481 e. The predicted molar refractivity (Wildman–Crippen MR) is 124 cm³/mol. The molecule has 3 atom stereocenters. The number of aliphatic carboxylic acids is 1. The van der Waals surface area contributed by atoms with Gasteiger partial charge in [-0.15, -0.1) is 6.58 Å². The van der Waals surface area contributed by atoms with Crippen LogP contribution in [0, 0.1) is 11.8 Å². The molecule has 0 spiro atoms. The van der Waals surface area contributed by atoms with E-state index in [-0.39, 0.29) is 18.9 Å². The van der Waals surface area contributed by atoms with E-state index in [0.717, 1.165) is 22.3 Å². The van der Waals surface area contributed by atoms with Crippen molar-refractivity contribution in [3.63, 3.8) is 0 Å². The number of carboxylic acids is 1. The van der Waals surface area contributed by atoms with Crippen LogP contribution in [0.4, 0.5) is 13.6 Å². The van der Waals surface area contributed by atoms with E-state index in [1.165, 1.54) is 0 Å². The second-order valence-electron chi connectivity index (χ2n) is 8.73. The van der Waals surface area contributed by atoms with Gasteiger partial charge in [0.15, 0.2) is 0 Å². The number of fused-ring (bicyclic) bond motifs is 3. The molecule has 2 aliphatic rings. The van der Waals surface area contributed by atoms with Crippen LogP contribution < -0.4 is 10.6 Å². The first kappa shape index (κ1) is 24.4. The lowest BCUT2D eigenvalue weighted by atomic mass is 9.98. The van der Waals surface area contributed by atoms with Crippen molar-refractivity contribution in [3.05, 3.63) is 72.3 Å². The van der Waals surface area contributed by atoms with Gasteiger partial charge in [-0.1, -0.05) is 54.6 Å². The van der Waals surface area contributed by atoms with Gasteiger partial charge in [-0.2, -0.15) is 0 Å². The summed E-state index contributed by atoms with van der Waals surface area (Å²) in [6.07, 6.45) is 1.33. The molecule has 2 aromatic rings. The van der Waals surface area contributed by atoms with Crippen molar-refractivity contribution in [2.75, 3.05) is 13.2 Å². The molecule has 2 amide bonds. The van der Waals surface area contributed by atoms with Crippen LogP contribution >= 0.6 is 0 Å². The van der Waals surface area contributed by atoms with E-state index < -0.39 is 48.3 Å². The molecular weight excluding hydrogens is 458 g/mol. The molecular formula is C26H26F2N2O5. The van der Waals surface area contributed by atoms with Gasteiger partial charge in [0.2, 0.25) is 5.91 Å². The highest BCUT2D eigenvalue weighted by molar-refractivity contribution is 5.86. The molecule has 0 bridgehead atoms. The van der Waals surface area contributed by atoms with E-state index in [0.29, 0.717) is 6.42 Å². The lowest BCUT2D eigenvalue weighted by Crippen LogP contribution is -2.47. The van der Waals surface area contributed by atoms with Crippen LogP contribution in [0.3, 0.4) is 0 Å². The predicted octanol–water partition coefficient (Wildman–Crippen LogP) is 3.94. The Balaban J connectivity index is 1.35. The van der Waals surface area contributed by atoms with Crippen LogP contribution in [0.25, 0.3) is 11.1 Å². The van der Waals surface area contributed by atoms with Crippen LogP contribution in [-0.4, -0.2) is 48.2 Å². The van der Waals surface area contributed by atoms with E-state index in [1.807, 2.05) is 48.5 Å². The number of alkyl carbamates (subject to hydrolysis) is 1. The number of allylic oxidation sites excluding steroid dienone is 1. The van der Waals surface area contributed by atoms with Crippen molar-refractivity contribution >= 4 is 18.0 Å². The standard InChI is InChI=1S/C26H26F2N2O5/c1-2-3-12-21(23(31)29-13-20-22(24(32)33)26(20,27)28)30-25(34)35-14-19-17-10-6-4-8-15(17)16-9-5-7-11-18(16)19/h2,4-11,19-22H,1,3,12-14H2,(H,29,31)(H,30,34)(H,32,33). The Morgan fingerprint density at radius 1 is 1.09 bits per heavy atom. The van der Waals surface area contributed by atoms with E-state index in [9.17, 15) is 23.2 Å². The minimum atomic E-state index is -3.37. The summed E-state index contributed by atoms with van der Waals surface area (Å²) in [5.74, 6) is -9.10. The van der Waals surface area contributed by atoms with Crippen LogP contribution in [0.1, 0.15) is 29.9 Å². The van der Waals surface area contributed by atoms with E-state index in [1.54, 1.807) is 6.08 Å². The van der Waals surface area contributed by atoms with Gasteiger partial charge in [0.1, 0.15) is 18.6 Å². The Bertz CT molecular complexity index is 1110. The average molecular weight is 484 g/mol. The van der Waals surface area contributed by atoms with Crippen LogP contribution in [-0.2, 0) is 14.3 Å². The average Bonchev–Trinajstić information content (AvgIpc) is 3.25. The molecule has 184 valence electrons. The van der Waals surface area contributed by atoms with Crippen LogP contribution in [0.15, 0.2) is 61.2 Å². The summed E-state index contributed by atoms with van der Waals surface area (Å²) >= 11 is 0. The highest BCUT2D eigenvalue weighted by Crippen LogP contribution is 2.54. The SMILES string of the molecule is C=CCCC(NC(=O)OCC1c2ccccc2-c2ccccc21)C(=O)NCC1C(C(=O)O)C1(F)F. The third-order valence-electron chi connectivity index (χ3n) is 6.58. The smallest absolute Gasteiger partial charge is 0.407 e. The summed E-state index contributed by atoms with van der Waals surface area (Å²) in [6, 6.07) is 14.7. The number of ether oxygens (including phenoxy) is 1. The van der Waals surface area contributed by atoms with Gasteiger partial charge in [-0.05, 0) is 35.1 Å². The number of rotatable bonds is 10. The lowest BCUT2D eigenvalue weighted by Gasteiger charge is -2.19. The summed E-state index contributed by atoms with van der Waals surface area (Å²) in [4.78, 5) is 36.1. The van der Waals surface area contributed by atoms with Crippen molar-refractivity contribution < 1.29 is 33.0 Å². The minimum Gasteiger partial charge on any atom is -0.481 e. The summed E-state index contributed by atoms with van der Waals surface area (Å²) in [6.45, 7) is 3.15. The number of hydrogen-bond donors (Lipinski definition) is 3. The topological polar surface area (TPSA) is 105 Å². The quantitative estimate of drug-likeness (QED) is 0.443. The first-order valence-corrected chi connectivity index (χ1v) is 11.4. The van der Waals surface area contributed by atoms with E-state index in [2.05, 4.69) is 17.2 Å². The maximum atomic E-state index is 13.6. The Morgan fingerprint density at radius 3 is 2.23 bits per heavy atom. The molecule has 0 aliphatic heterocycles. The molecule has 0 aromatic heterocycles. The fraction of sp³-hybridized carbons (Fsp3) is 0.346. The van der Waals surface area contributed by atoms with Gasteiger partial charge in [0, 0.05) is 12.5 Å². The third-order valence-corrected chi connectivity index (χ3v) is 6.58. The zero-order valence-electron chi connectivity index (χ0n) is 18.9. The normalized spacial score (nSPS) is 20.2. The molecule has 0 radical (unpaired) electrons. The van der Waals surface area contributed by atoms with Gasteiger partial charge < -0.3 is 20.5 Å². The number of amides is 2. The second kappa shape index (κ2) is 9.85. The van der Waals surface area contributed by atoms with Crippen molar-refractivity contribution in [2.45, 2.75) is 30.7 Å². The zero-order valence-corrected chi connectivity index (χ0v) is 18.9. The monoisotopic (exact) mass is 484 g/mol. The number of alkyl halides is 2. The lowest BCUT2D eigenvalue weighted by molar-refractivity contribution is -0.141. The Labute approximate surface area is 201 Å². The molecule has 2 aliphatic carbocycles. The molecule has 7 nitrogen and oxygen atoms in total. The summed E-state index contributed by atoms with van der Waals surface area (Å²) in [7, 11) is 0. The van der Waals surface area contributed by atoms with Gasteiger partial charge in [0.05, 0.1) is 5.92 Å². The second-order valence-corrected chi connectivity index (χ2v) is 8.73. The van der Waals surface area contributed by atoms with Gasteiger partial charge >= 0.3 is 12.1 Å². The number of carboxylic acid groups (broad SMARTS) is 1. The zero-order chi connectivity index (χ0) is 25.2. The molecule has 4 rings (SSSR count). The number of carbonyl (C=O) groups excluding carboxylic acids is 2. The summed E-state index contributed by atoms with van der Waals surface area (Å²) < 4.78 is 32.7. The van der Waals surface area contributed by atoms with Gasteiger partial charge in [0.25, 0.3) is 5.92 Å². The Hall–Kier alpha value is -3.75. The highest BCUT2D eigenvalue weighted by atomic mass is 19.3. The van der Waals surface area contributed by atoms with Crippen molar-refractivity contribution in [1.82, 2.24) is 10.6 Å². The Morgan fingerprint density at radius 2 is 1.69 bits per heavy atom. The van der Waals surface area contributed by atoms with E-state index >= 15 is 0 Å². The summed E-state index contributed by atoms with van der Waals surface area (Å²) in [5, 5.41) is 13.7. The van der Waals surface area contributed by atoms with Crippen molar-refractivity contribution in [2.24, 2.45) is 11.8 Å². The van der Waals surface area contributed by atoms with Crippen molar-refractivity contribution in [3.8, 4) is 11.1 Å².